The second-order valence-corrected chi connectivity index (χ2v) is 6.39. The van der Waals surface area contributed by atoms with Crippen molar-refractivity contribution >= 4 is 34.2 Å². The van der Waals surface area contributed by atoms with E-state index >= 15 is 0 Å². The molecule has 0 saturated heterocycles. The van der Waals surface area contributed by atoms with E-state index < -0.39 is 12.0 Å². The summed E-state index contributed by atoms with van der Waals surface area (Å²) >= 11 is 1.44. The van der Waals surface area contributed by atoms with Gasteiger partial charge in [-0.25, -0.2) is 14.6 Å². The van der Waals surface area contributed by atoms with Crippen molar-refractivity contribution in [2.75, 3.05) is 17.7 Å². The van der Waals surface area contributed by atoms with E-state index in [1.807, 2.05) is 6.92 Å². The molecule has 6 nitrogen and oxygen atoms in total. The molecule has 0 unspecified atom stereocenters. The van der Waals surface area contributed by atoms with Crippen molar-refractivity contribution < 1.29 is 14.3 Å². The normalized spacial score (nSPS) is 10.5. The number of aromatic nitrogens is 1. The summed E-state index contributed by atoms with van der Waals surface area (Å²) in [6, 6.07) is 4.59. The molecule has 0 fully saturated rings. The van der Waals surface area contributed by atoms with E-state index in [0.717, 1.165) is 10.4 Å². The number of esters is 1. The predicted octanol–water partition coefficient (Wildman–Crippen LogP) is 4.01. The molecule has 0 aliphatic rings. The maximum Gasteiger partial charge on any atom is 0.337 e. The Balaban J connectivity index is 2.08. The number of thiazole rings is 1. The quantitative estimate of drug-likeness (QED) is 0.829. The van der Waals surface area contributed by atoms with Gasteiger partial charge in [0.25, 0.3) is 0 Å². The lowest BCUT2D eigenvalue weighted by atomic mass is 10.1. The summed E-state index contributed by atoms with van der Waals surface area (Å²) in [5.41, 5.74) is 1.77. The van der Waals surface area contributed by atoms with Crippen molar-refractivity contribution in [3.63, 3.8) is 0 Å². The van der Waals surface area contributed by atoms with Crippen LogP contribution in [0.25, 0.3) is 0 Å². The number of amides is 2. The molecule has 2 rings (SSSR count). The molecule has 7 heteroatoms. The first kappa shape index (κ1) is 17.0. The minimum absolute atomic E-state index is 0.366. The number of methoxy groups -OCH3 is 1. The van der Waals surface area contributed by atoms with Gasteiger partial charge in [0.1, 0.15) is 0 Å². The molecule has 2 aromatic rings. The molecule has 1 heterocycles. The monoisotopic (exact) mass is 333 g/mol. The van der Waals surface area contributed by atoms with Gasteiger partial charge in [-0.15, -0.1) is 11.3 Å². The first-order chi connectivity index (χ1) is 10.9. The molecule has 2 N–H and O–H groups in total. The second kappa shape index (κ2) is 7.23. The molecule has 23 heavy (non-hydrogen) atoms. The van der Waals surface area contributed by atoms with E-state index in [1.165, 1.54) is 18.4 Å². The zero-order chi connectivity index (χ0) is 17.0. The van der Waals surface area contributed by atoms with Crippen molar-refractivity contribution in [2.24, 2.45) is 0 Å². The van der Waals surface area contributed by atoms with Crippen LogP contribution in [0.2, 0.25) is 0 Å². The number of anilines is 2. The van der Waals surface area contributed by atoms with Crippen molar-refractivity contribution in [1.82, 2.24) is 4.98 Å². The average molecular weight is 333 g/mol. The highest BCUT2D eigenvalue weighted by molar-refractivity contribution is 7.15. The summed E-state index contributed by atoms with van der Waals surface area (Å²) in [7, 11) is 1.32. The van der Waals surface area contributed by atoms with Crippen LogP contribution in [0.5, 0.6) is 0 Å². The molecule has 2 amide bonds. The number of ether oxygens (including phenoxy) is 1. The zero-order valence-corrected chi connectivity index (χ0v) is 14.3. The lowest BCUT2D eigenvalue weighted by Gasteiger charge is -2.10. The van der Waals surface area contributed by atoms with Crippen LogP contribution in [-0.2, 0) is 4.74 Å². The van der Waals surface area contributed by atoms with Crippen LogP contribution in [0, 0.1) is 6.92 Å². The number of hydrogen-bond donors (Lipinski definition) is 2. The topological polar surface area (TPSA) is 80.3 Å². The van der Waals surface area contributed by atoms with Crippen LogP contribution in [0.4, 0.5) is 15.6 Å². The lowest BCUT2D eigenvalue weighted by Crippen LogP contribution is -2.20. The number of hydrogen-bond acceptors (Lipinski definition) is 5. The fourth-order valence-corrected chi connectivity index (χ4v) is 2.68. The van der Waals surface area contributed by atoms with Crippen molar-refractivity contribution in [1.29, 1.82) is 0 Å². The SMILES string of the molecule is COC(=O)c1ccc(C)c(NC(=O)Nc2ncc(C(C)C)s2)c1. The van der Waals surface area contributed by atoms with Crippen LogP contribution >= 0.6 is 11.3 Å². The number of nitrogens with one attached hydrogen (secondary N) is 2. The van der Waals surface area contributed by atoms with Crippen molar-refractivity contribution in [3.05, 3.63) is 40.4 Å². The van der Waals surface area contributed by atoms with Crippen LogP contribution in [0.1, 0.15) is 40.6 Å². The summed E-state index contributed by atoms with van der Waals surface area (Å²) < 4.78 is 4.68. The molecule has 0 aliphatic heterocycles. The average Bonchev–Trinajstić information content (AvgIpc) is 2.97. The van der Waals surface area contributed by atoms with E-state index in [-0.39, 0.29) is 0 Å². The maximum absolute atomic E-state index is 12.1. The van der Waals surface area contributed by atoms with Crippen molar-refractivity contribution in [3.8, 4) is 0 Å². The van der Waals surface area contributed by atoms with Gasteiger partial charge in [-0.2, -0.15) is 0 Å². The first-order valence-electron chi connectivity index (χ1n) is 7.13. The Morgan fingerprint density at radius 2 is 2.00 bits per heavy atom. The first-order valence-corrected chi connectivity index (χ1v) is 7.95. The Kier molecular flexibility index (Phi) is 5.33. The molecule has 1 aromatic carbocycles. The molecule has 0 spiro atoms. The Hall–Kier alpha value is -2.41. The Morgan fingerprint density at radius 1 is 1.26 bits per heavy atom. The van der Waals surface area contributed by atoms with Gasteiger partial charge in [-0.3, -0.25) is 5.32 Å². The van der Waals surface area contributed by atoms with Crippen molar-refractivity contribution in [2.45, 2.75) is 26.7 Å². The number of benzene rings is 1. The lowest BCUT2D eigenvalue weighted by molar-refractivity contribution is 0.0600. The molecule has 0 radical (unpaired) electrons. The summed E-state index contributed by atoms with van der Waals surface area (Å²) in [6.07, 6.45) is 1.76. The second-order valence-electron chi connectivity index (χ2n) is 5.32. The predicted molar refractivity (Wildman–Crippen MR) is 91.4 cm³/mol. The van der Waals surface area contributed by atoms with Gasteiger partial charge >= 0.3 is 12.0 Å². The number of aryl methyl sites for hydroxylation is 1. The number of carbonyl (C=O) groups is 2. The van der Waals surface area contributed by atoms with E-state index in [2.05, 4.69) is 34.2 Å². The van der Waals surface area contributed by atoms with Gasteiger partial charge in [-0.05, 0) is 30.5 Å². The van der Waals surface area contributed by atoms with E-state index in [4.69, 9.17) is 0 Å². The Labute approximate surface area is 138 Å². The molecule has 1 aromatic heterocycles. The van der Waals surface area contributed by atoms with E-state index in [0.29, 0.717) is 22.3 Å². The third kappa shape index (κ3) is 4.29. The summed E-state index contributed by atoms with van der Waals surface area (Å²) in [5.74, 6) is -0.0833. The van der Waals surface area contributed by atoms with Crippen LogP contribution in [0.3, 0.4) is 0 Å². The smallest absolute Gasteiger partial charge is 0.337 e. The highest BCUT2D eigenvalue weighted by Gasteiger charge is 2.12. The third-order valence-electron chi connectivity index (χ3n) is 3.22. The highest BCUT2D eigenvalue weighted by atomic mass is 32.1. The zero-order valence-electron chi connectivity index (χ0n) is 13.5. The standard InChI is InChI=1S/C16H19N3O3S/c1-9(2)13-8-17-16(23-13)19-15(21)18-12-7-11(14(20)22-4)6-5-10(12)3/h5-9H,1-4H3,(H2,17,18,19,21). The summed E-state index contributed by atoms with van der Waals surface area (Å²) in [5, 5.41) is 5.96. The van der Waals surface area contributed by atoms with Crippen LogP contribution < -0.4 is 10.6 Å². The summed E-state index contributed by atoms with van der Waals surface area (Å²) in [6.45, 7) is 5.98. The molecule has 0 atom stereocenters. The van der Waals surface area contributed by atoms with Gasteiger partial charge in [0.2, 0.25) is 0 Å². The summed E-state index contributed by atoms with van der Waals surface area (Å²) in [4.78, 5) is 28.9. The fraction of sp³-hybridized carbons (Fsp3) is 0.312. The van der Waals surface area contributed by atoms with Crippen LogP contribution in [0.15, 0.2) is 24.4 Å². The third-order valence-corrected chi connectivity index (χ3v) is 4.43. The Morgan fingerprint density at radius 3 is 2.61 bits per heavy atom. The van der Waals surface area contributed by atoms with Gasteiger partial charge in [-0.1, -0.05) is 19.9 Å². The van der Waals surface area contributed by atoms with Gasteiger partial charge < -0.3 is 10.1 Å². The maximum atomic E-state index is 12.1. The molecule has 122 valence electrons. The van der Waals surface area contributed by atoms with Gasteiger partial charge in [0, 0.05) is 16.8 Å². The number of urea groups is 1. The fourth-order valence-electron chi connectivity index (χ4n) is 1.86. The van der Waals surface area contributed by atoms with E-state index in [1.54, 1.807) is 24.4 Å². The number of nitrogens with zero attached hydrogens (tertiary/aromatic N) is 1. The molecule has 0 saturated carbocycles. The minimum atomic E-state index is -0.449. The number of carbonyl (C=O) groups excluding carboxylic acids is 2. The van der Waals surface area contributed by atoms with E-state index in [9.17, 15) is 9.59 Å². The largest absolute Gasteiger partial charge is 0.465 e. The minimum Gasteiger partial charge on any atom is -0.465 e. The number of rotatable bonds is 4. The molecular weight excluding hydrogens is 314 g/mol. The molecular formula is C16H19N3O3S. The molecule has 0 aliphatic carbocycles. The van der Waals surface area contributed by atoms with Gasteiger partial charge in [0.15, 0.2) is 5.13 Å². The van der Waals surface area contributed by atoms with Crippen LogP contribution in [-0.4, -0.2) is 24.1 Å². The highest BCUT2D eigenvalue weighted by Crippen LogP contribution is 2.25. The van der Waals surface area contributed by atoms with Gasteiger partial charge in [0.05, 0.1) is 12.7 Å². The Bertz CT molecular complexity index is 725. The molecule has 0 bridgehead atoms.